The fourth-order valence-corrected chi connectivity index (χ4v) is 3.41. The zero-order chi connectivity index (χ0) is 15.1. The molecule has 3 rings (SSSR count). The summed E-state index contributed by atoms with van der Waals surface area (Å²) in [5.74, 6) is -0.542. The van der Waals surface area contributed by atoms with Crippen molar-refractivity contribution in [3.05, 3.63) is 34.9 Å². The third-order valence-corrected chi connectivity index (χ3v) is 5.03. The normalized spacial score (nSPS) is 25.1. The average molecular weight is 287 g/mol. The molecule has 1 heterocycles. The van der Waals surface area contributed by atoms with Crippen LogP contribution < -0.4 is 0 Å². The highest BCUT2D eigenvalue weighted by Crippen LogP contribution is 2.44. The Labute approximate surface area is 124 Å². The molecule has 1 amide bonds. The van der Waals surface area contributed by atoms with Gasteiger partial charge in [0.2, 0.25) is 0 Å². The number of carboxylic acid groups (broad SMARTS) is 1. The molecule has 0 aromatic heterocycles. The number of carbonyl (C=O) groups is 2. The minimum absolute atomic E-state index is 0.0226. The van der Waals surface area contributed by atoms with Gasteiger partial charge in [-0.2, -0.15) is 0 Å². The van der Waals surface area contributed by atoms with Gasteiger partial charge in [-0.15, -0.1) is 0 Å². The Kier molecular flexibility index (Phi) is 3.47. The second kappa shape index (κ2) is 5.17. The van der Waals surface area contributed by atoms with E-state index in [-0.39, 0.29) is 11.8 Å². The number of hydrogen-bond acceptors (Lipinski definition) is 2. The highest BCUT2D eigenvalue weighted by molar-refractivity contribution is 5.96. The molecular formula is C17H21NO3. The van der Waals surface area contributed by atoms with Gasteiger partial charge in [-0.1, -0.05) is 12.1 Å². The Morgan fingerprint density at radius 1 is 1.19 bits per heavy atom. The molecule has 2 atom stereocenters. The van der Waals surface area contributed by atoms with Crippen LogP contribution in [0, 0.1) is 31.6 Å². The first-order valence-corrected chi connectivity index (χ1v) is 7.57. The largest absolute Gasteiger partial charge is 0.481 e. The molecule has 112 valence electrons. The van der Waals surface area contributed by atoms with E-state index in [0.29, 0.717) is 24.6 Å². The van der Waals surface area contributed by atoms with E-state index in [1.165, 1.54) is 0 Å². The molecule has 4 nitrogen and oxygen atoms in total. The molecule has 0 spiro atoms. The molecule has 0 radical (unpaired) electrons. The summed E-state index contributed by atoms with van der Waals surface area (Å²) in [5.41, 5.74) is 2.79. The van der Waals surface area contributed by atoms with Crippen LogP contribution in [0.4, 0.5) is 0 Å². The van der Waals surface area contributed by atoms with Crippen LogP contribution in [0.5, 0.6) is 0 Å². The maximum Gasteiger partial charge on any atom is 0.308 e. The van der Waals surface area contributed by atoms with Gasteiger partial charge in [-0.05, 0) is 55.7 Å². The Balaban J connectivity index is 1.82. The number of amides is 1. The van der Waals surface area contributed by atoms with E-state index in [4.69, 9.17) is 0 Å². The van der Waals surface area contributed by atoms with Crippen LogP contribution >= 0.6 is 0 Å². The lowest BCUT2D eigenvalue weighted by atomic mass is 9.92. The number of aryl methyl sites for hydroxylation is 1. The highest BCUT2D eigenvalue weighted by atomic mass is 16.4. The van der Waals surface area contributed by atoms with Crippen molar-refractivity contribution in [3.63, 3.8) is 0 Å². The van der Waals surface area contributed by atoms with Crippen molar-refractivity contribution in [2.75, 3.05) is 13.1 Å². The van der Waals surface area contributed by atoms with E-state index < -0.39 is 11.9 Å². The van der Waals surface area contributed by atoms with Gasteiger partial charge < -0.3 is 10.0 Å². The Morgan fingerprint density at radius 3 is 2.52 bits per heavy atom. The van der Waals surface area contributed by atoms with Gasteiger partial charge in [-0.25, -0.2) is 0 Å². The van der Waals surface area contributed by atoms with Crippen molar-refractivity contribution < 1.29 is 14.7 Å². The second-order valence-electron chi connectivity index (χ2n) is 6.40. The quantitative estimate of drug-likeness (QED) is 0.929. The molecule has 1 aromatic carbocycles. The number of hydrogen-bond donors (Lipinski definition) is 1. The molecule has 1 saturated heterocycles. The predicted octanol–water partition coefficient (Wildman–Crippen LogP) is 2.49. The van der Waals surface area contributed by atoms with Gasteiger partial charge >= 0.3 is 5.97 Å². The lowest BCUT2D eigenvalue weighted by molar-refractivity contribution is -0.142. The first kappa shape index (κ1) is 14.1. The Bertz CT molecular complexity index is 592. The first-order valence-electron chi connectivity index (χ1n) is 7.57. The van der Waals surface area contributed by atoms with E-state index in [0.717, 1.165) is 24.0 Å². The maximum atomic E-state index is 12.7. The van der Waals surface area contributed by atoms with Crippen molar-refractivity contribution >= 4 is 11.9 Å². The molecule has 1 N–H and O–H groups in total. The van der Waals surface area contributed by atoms with Crippen LogP contribution in [-0.2, 0) is 4.79 Å². The highest BCUT2D eigenvalue weighted by Gasteiger charge is 2.47. The Hall–Kier alpha value is -1.84. The smallest absolute Gasteiger partial charge is 0.308 e. The number of benzene rings is 1. The molecule has 1 aliphatic carbocycles. The SMILES string of the molecule is Cc1cccc(C(=O)N2C[C@H](C(=O)O)[C@@H](C3CC3)C2)c1C. The lowest BCUT2D eigenvalue weighted by Crippen LogP contribution is -2.30. The summed E-state index contributed by atoms with van der Waals surface area (Å²) in [6.07, 6.45) is 2.22. The summed E-state index contributed by atoms with van der Waals surface area (Å²) < 4.78 is 0. The number of carboxylic acids is 1. The molecule has 1 aliphatic heterocycles. The van der Waals surface area contributed by atoms with Crippen LogP contribution in [0.3, 0.4) is 0 Å². The van der Waals surface area contributed by atoms with Crippen LogP contribution in [0.25, 0.3) is 0 Å². The average Bonchev–Trinajstić information content (AvgIpc) is 3.19. The molecule has 0 bridgehead atoms. The maximum absolute atomic E-state index is 12.7. The van der Waals surface area contributed by atoms with Crippen molar-refractivity contribution in [1.82, 2.24) is 4.90 Å². The number of rotatable bonds is 3. The monoisotopic (exact) mass is 287 g/mol. The van der Waals surface area contributed by atoms with Gasteiger partial charge in [-0.3, -0.25) is 9.59 Å². The number of carbonyl (C=O) groups excluding carboxylic acids is 1. The van der Waals surface area contributed by atoms with E-state index in [2.05, 4.69) is 0 Å². The van der Waals surface area contributed by atoms with Gasteiger partial charge in [0, 0.05) is 18.7 Å². The zero-order valence-electron chi connectivity index (χ0n) is 12.5. The molecule has 1 saturated carbocycles. The molecule has 2 fully saturated rings. The minimum Gasteiger partial charge on any atom is -0.481 e. The van der Waals surface area contributed by atoms with Crippen molar-refractivity contribution in [1.29, 1.82) is 0 Å². The molecular weight excluding hydrogens is 266 g/mol. The molecule has 21 heavy (non-hydrogen) atoms. The number of likely N-dealkylation sites (tertiary alicyclic amines) is 1. The molecule has 2 aliphatic rings. The van der Waals surface area contributed by atoms with Gasteiger partial charge in [0.25, 0.3) is 5.91 Å². The Morgan fingerprint density at radius 2 is 1.90 bits per heavy atom. The lowest BCUT2D eigenvalue weighted by Gasteiger charge is -2.18. The summed E-state index contributed by atoms with van der Waals surface area (Å²) in [7, 11) is 0. The number of nitrogens with zero attached hydrogens (tertiary/aromatic N) is 1. The molecule has 1 aromatic rings. The van der Waals surface area contributed by atoms with Crippen LogP contribution in [0.1, 0.15) is 34.3 Å². The third-order valence-electron chi connectivity index (χ3n) is 5.03. The van der Waals surface area contributed by atoms with Gasteiger partial charge in [0.1, 0.15) is 0 Å². The predicted molar refractivity (Wildman–Crippen MR) is 79.2 cm³/mol. The summed E-state index contributed by atoms with van der Waals surface area (Å²) in [4.78, 5) is 25.9. The summed E-state index contributed by atoms with van der Waals surface area (Å²) in [6, 6.07) is 5.72. The summed E-state index contributed by atoms with van der Waals surface area (Å²) in [6.45, 7) is 4.88. The van der Waals surface area contributed by atoms with E-state index in [1.807, 2.05) is 32.0 Å². The molecule has 0 unspecified atom stereocenters. The van der Waals surface area contributed by atoms with E-state index in [1.54, 1.807) is 4.90 Å². The second-order valence-corrected chi connectivity index (χ2v) is 6.40. The topological polar surface area (TPSA) is 57.6 Å². The number of aliphatic carboxylic acids is 1. The van der Waals surface area contributed by atoms with Crippen LogP contribution in [0.15, 0.2) is 18.2 Å². The van der Waals surface area contributed by atoms with Crippen molar-refractivity contribution in [2.45, 2.75) is 26.7 Å². The fourth-order valence-electron chi connectivity index (χ4n) is 3.41. The van der Waals surface area contributed by atoms with Crippen LogP contribution in [-0.4, -0.2) is 35.0 Å². The summed E-state index contributed by atoms with van der Waals surface area (Å²) in [5, 5.41) is 9.39. The zero-order valence-corrected chi connectivity index (χ0v) is 12.5. The van der Waals surface area contributed by atoms with Crippen LogP contribution in [0.2, 0.25) is 0 Å². The minimum atomic E-state index is -0.761. The van der Waals surface area contributed by atoms with E-state index >= 15 is 0 Å². The van der Waals surface area contributed by atoms with Gasteiger partial charge in [0.15, 0.2) is 0 Å². The summed E-state index contributed by atoms with van der Waals surface area (Å²) >= 11 is 0. The molecule has 4 heteroatoms. The fraction of sp³-hybridized carbons (Fsp3) is 0.529. The van der Waals surface area contributed by atoms with E-state index in [9.17, 15) is 14.7 Å². The first-order chi connectivity index (χ1) is 9.99. The van der Waals surface area contributed by atoms with Gasteiger partial charge in [0.05, 0.1) is 5.92 Å². The van der Waals surface area contributed by atoms with Crippen molar-refractivity contribution in [3.8, 4) is 0 Å². The third kappa shape index (κ3) is 2.55. The van der Waals surface area contributed by atoms with Crippen molar-refractivity contribution in [2.24, 2.45) is 17.8 Å². The standard InChI is InChI=1S/C17H21NO3/c1-10-4-3-5-13(11(10)2)16(19)18-8-14(12-6-7-12)15(9-18)17(20)21/h3-5,12,14-15H,6-9H2,1-2H3,(H,20,21)/t14-,15+/m1/s1.